The van der Waals surface area contributed by atoms with Gasteiger partial charge in [-0.1, -0.05) is 30.3 Å². The van der Waals surface area contributed by atoms with Gasteiger partial charge in [-0.2, -0.15) is 0 Å². The molecular weight excluding hydrogens is 277 g/mol. The number of hydrogen-bond acceptors (Lipinski definition) is 3. The molecule has 1 amide bonds. The van der Waals surface area contributed by atoms with E-state index in [-0.39, 0.29) is 25.5 Å². The van der Waals surface area contributed by atoms with E-state index in [0.29, 0.717) is 0 Å². The zero-order chi connectivity index (χ0) is 15.0. The van der Waals surface area contributed by atoms with Crippen molar-refractivity contribution in [2.75, 3.05) is 6.54 Å². The molecule has 0 aromatic heterocycles. The average Bonchev–Trinajstić information content (AvgIpc) is 3.00. The van der Waals surface area contributed by atoms with Crippen molar-refractivity contribution >= 4 is 12.1 Å². The quantitative estimate of drug-likeness (QED) is 0.926. The summed E-state index contributed by atoms with van der Waals surface area (Å²) in [4.78, 5) is 24.5. The van der Waals surface area contributed by atoms with Crippen LogP contribution in [0.3, 0.4) is 0 Å². The lowest BCUT2D eigenvalue weighted by atomic mass is 9.99. The van der Waals surface area contributed by atoms with Gasteiger partial charge in [0.25, 0.3) is 0 Å². The number of alkyl halides is 1. The predicted octanol–water partition coefficient (Wildman–Crippen LogP) is 2.07. The fourth-order valence-corrected chi connectivity index (χ4v) is 3.38. The van der Waals surface area contributed by atoms with Gasteiger partial charge in [-0.3, -0.25) is 4.79 Å². The minimum absolute atomic E-state index is 0.0995. The summed E-state index contributed by atoms with van der Waals surface area (Å²) in [5, 5.41) is 9.17. The third kappa shape index (κ3) is 2.46. The van der Waals surface area contributed by atoms with Crippen LogP contribution in [0.25, 0.3) is 0 Å². The molecule has 21 heavy (non-hydrogen) atoms. The van der Waals surface area contributed by atoms with Crippen LogP contribution in [-0.2, 0) is 16.1 Å². The highest BCUT2D eigenvalue weighted by Crippen LogP contribution is 2.44. The Balaban J connectivity index is 1.65. The molecule has 1 N–H and O–H groups in total. The highest BCUT2D eigenvalue weighted by atomic mass is 19.1. The first-order valence-electron chi connectivity index (χ1n) is 6.92. The number of likely N-dealkylation sites (tertiary alicyclic amines) is 1. The van der Waals surface area contributed by atoms with Gasteiger partial charge < -0.3 is 14.7 Å². The number of amides is 1. The van der Waals surface area contributed by atoms with Crippen LogP contribution in [0.4, 0.5) is 9.18 Å². The highest BCUT2D eigenvalue weighted by molar-refractivity contribution is 5.76. The van der Waals surface area contributed by atoms with Crippen LogP contribution in [0.15, 0.2) is 30.3 Å². The third-order valence-electron chi connectivity index (χ3n) is 4.29. The molecule has 2 aliphatic rings. The summed E-state index contributed by atoms with van der Waals surface area (Å²) in [5.74, 6) is -2.17. The Morgan fingerprint density at radius 3 is 2.67 bits per heavy atom. The summed E-state index contributed by atoms with van der Waals surface area (Å²) in [5.41, 5.74) is 0.835. The Hall–Kier alpha value is -2.11. The largest absolute Gasteiger partial charge is 0.481 e. The molecule has 112 valence electrons. The van der Waals surface area contributed by atoms with Gasteiger partial charge in [-0.15, -0.1) is 0 Å². The number of hydrogen-bond donors (Lipinski definition) is 1. The van der Waals surface area contributed by atoms with Crippen LogP contribution in [0.1, 0.15) is 12.0 Å². The minimum atomic E-state index is -1.28. The summed E-state index contributed by atoms with van der Waals surface area (Å²) in [6, 6.07) is 8.27. The number of nitrogens with zero attached hydrogens (tertiary/aromatic N) is 1. The average molecular weight is 293 g/mol. The Kier molecular flexibility index (Phi) is 3.53. The van der Waals surface area contributed by atoms with Crippen molar-refractivity contribution in [1.29, 1.82) is 0 Å². The predicted molar refractivity (Wildman–Crippen MR) is 71.2 cm³/mol. The van der Waals surface area contributed by atoms with E-state index in [0.717, 1.165) is 5.56 Å². The first-order chi connectivity index (χ1) is 10.1. The standard InChI is InChI=1S/C15H16FNO4/c16-11-6-10-7-17(13(11)12(10)14(18)19)15(20)21-8-9-4-2-1-3-5-9/h1-5,10-13H,6-8H2,(H,18,19)/t10-,11-,12-,13-/m1/s1. The maximum Gasteiger partial charge on any atom is 0.410 e. The maximum absolute atomic E-state index is 13.9. The van der Waals surface area contributed by atoms with Crippen LogP contribution in [0, 0.1) is 11.8 Å². The topological polar surface area (TPSA) is 66.8 Å². The molecule has 0 radical (unpaired) electrons. The molecule has 2 fully saturated rings. The number of carboxylic acids is 1. The number of benzene rings is 1. The summed E-state index contributed by atoms with van der Waals surface area (Å²) < 4.78 is 19.1. The number of carboxylic acid groups (broad SMARTS) is 1. The van der Waals surface area contributed by atoms with E-state index >= 15 is 0 Å². The number of aliphatic carboxylic acids is 1. The number of halogens is 1. The second-order valence-electron chi connectivity index (χ2n) is 5.56. The van der Waals surface area contributed by atoms with E-state index < -0.39 is 30.2 Å². The smallest absolute Gasteiger partial charge is 0.410 e. The summed E-state index contributed by atoms with van der Waals surface area (Å²) in [6.07, 6.45) is -1.71. The number of rotatable bonds is 3. The lowest BCUT2D eigenvalue weighted by Gasteiger charge is -2.28. The summed E-state index contributed by atoms with van der Waals surface area (Å²) in [6.45, 7) is 0.359. The van der Waals surface area contributed by atoms with Gasteiger partial charge in [-0.25, -0.2) is 9.18 Å². The van der Waals surface area contributed by atoms with Gasteiger partial charge in [0.15, 0.2) is 0 Å². The number of piperidine rings is 1. The lowest BCUT2D eigenvalue weighted by molar-refractivity contribution is -0.142. The molecule has 6 heteroatoms. The van der Waals surface area contributed by atoms with Crippen LogP contribution < -0.4 is 0 Å². The van der Waals surface area contributed by atoms with Crippen molar-refractivity contribution in [3.05, 3.63) is 35.9 Å². The number of carbonyl (C=O) groups excluding carboxylic acids is 1. The minimum Gasteiger partial charge on any atom is -0.481 e. The van der Waals surface area contributed by atoms with E-state index in [1.807, 2.05) is 30.3 Å². The van der Waals surface area contributed by atoms with Gasteiger partial charge >= 0.3 is 12.1 Å². The van der Waals surface area contributed by atoms with Crippen molar-refractivity contribution in [2.45, 2.75) is 25.2 Å². The Bertz CT molecular complexity index is 550. The highest BCUT2D eigenvalue weighted by Gasteiger charge is 2.58. The molecule has 1 saturated heterocycles. The van der Waals surface area contributed by atoms with Crippen LogP contribution >= 0.6 is 0 Å². The van der Waals surface area contributed by atoms with Crippen LogP contribution in [0.2, 0.25) is 0 Å². The van der Waals surface area contributed by atoms with E-state index in [9.17, 15) is 19.1 Å². The van der Waals surface area contributed by atoms with Gasteiger partial charge in [0, 0.05) is 6.54 Å². The molecule has 5 nitrogen and oxygen atoms in total. The first kappa shape index (κ1) is 13.9. The van der Waals surface area contributed by atoms with Crippen molar-refractivity contribution in [2.24, 2.45) is 11.8 Å². The van der Waals surface area contributed by atoms with Gasteiger partial charge in [-0.05, 0) is 17.9 Å². The zero-order valence-corrected chi connectivity index (χ0v) is 11.3. The zero-order valence-electron chi connectivity index (χ0n) is 11.3. The summed E-state index contributed by atoms with van der Waals surface area (Å²) in [7, 11) is 0. The molecule has 1 aliphatic heterocycles. The van der Waals surface area contributed by atoms with E-state index in [1.54, 1.807) is 0 Å². The fourth-order valence-electron chi connectivity index (χ4n) is 3.38. The Morgan fingerprint density at radius 1 is 1.33 bits per heavy atom. The molecule has 1 aromatic carbocycles. The lowest BCUT2D eigenvalue weighted by Crippen LogP contribution is -2.45. The molecule has 0 spiro atoms. The van der Waals surface area contributed by atoms with Crippen molar-refractivity contribution < 1.29 is 23.8 Å². The first-order valence-corrected chi connectivity index (χ1v) is 6.92. The third-order valence-corrected chi connectivity index (χ3v) is 4.29. The summed E-state index contributed by atoms with van der Waals surface area (Å²) >= 11 is 0. The van der Waals surface area contributed by atoms with E-state index in [2.05, 4.69) is 0 Å². The van der Waals surface area contributed by atoms with E-state index in [4.69, 9.17) is 4.74 Å². The molecule has 1 heterocycles. The van der Waals surface area contributed by atoms with E-state index in [1.165, 1.54) is 4.90 Å². The molecule has 1 aliphatic carbocycles. The number of ether oxygens (including phenoxy) is 1. The van der Waals surface area contributed by atoms with Gasteiger partial charge in [0.05, 0.1) is 12.0 Å². The molecule has 1 saturated carbocycles. The Labute approximate surface area is 121 Å². The fraction of sp³-hybridized carbons (Fsp3) is 0.467. The second-order valence-corrected chi connectivity index (χ2v) is 5.56. The van der Waals surface area contributed by atoms with Crippen LogP contribution in [-0.4, -0.2) is 40.8 Å². The number of carbonyl (C=O) groups is 2. The number of fused-ring (bicyclic) bond motifs is 2. The van der Waals surface area contributed by atoms with Crippen LogP contribution in [0.5, 0.6) is 0 Å². The monoisotopic (exact) mass is 293 g/mol. The van der Waals surface area contributed by atoms with Crippen molar-refractivity contribution in [3.63, 3.8) is 0 Å². The normalized spacial score (nSPS) is 30.4. The SMILES string of the molecule is O=C(O)[C@@H]1[C@@H]2C[C@@H](F)[C@H]1N(C(=O)OCc1ccccc1)C2. The molecular formula is C15H16FNO4. The molecule has 1 aromatic rings. The molecule has 4 atom stereocenters. The molecule has 0 unspecified atom stereocenters. The van der Waals surface area contributed by atoms with Gasteiger partial charge in [0.2, 0.25) is 0 Å². The molecule has 2 bridgehead atoms. The molecule has 3 rings (SSSR count). The second kappa shape index (κ2) is 5.35. The maximum atomic E-state index is 13.9. The Morgan fingerprint density at radius 2 is 2.05 bits per heavy atom. The van der Waals surface area contributed by atoms with Crippen molar-refractivity contribution in [1.82, 2.24) is 4.90 Å². The van der Waals surface area contributed by atoms with Crippen molar-refractivity contribution in [3.8, 4) is 0 Å². The van der Waals surface area contributed by atoms with Gasteiger partial charge in [0.1, 0.15) is 12.8 Å².